The van der Waals surface area contributed by atoms with E-state index in [4.69, 9.17) is 4.74 Å². The average Bonchev–Trinajstić information content (AvgIpc) is 3.36. The van der Waals surface area contributed by atoms with Gasteiger partial charge in [0, 0.05) is 30.3 Å². The number of ether oxygens (including phenoxy) is 1. The highest BCUT2D eigenvalue weighted by molar-refractivity contribution is 6.31. The van der Waals surface area contributed by atoms with Crippen LogP contribution < -0.4 is 10.1 Å². The average molecular weight is 488 g/mol. The molecule has 184 valence electrons. The number of nitrogens with zero attached hydrogens (tertiary/aromatic N) is 1. The number of aromatic hydroxyl groups is 2. The van der Waals surface area contributed by atoms with Crippen LogP contribution in [-0.4, -0.2) is 44.1 Å². The van der Waals surface area contributed by atoms with Gasteiger partial charge in [0.25, 0.3) is 0 Å². The Kier molecular flexibility index (Phi) is 5.24. The van der Waals surface area contributed by atoms with E-state index in [-0.39, 0.29) is 39.5 Å². The number of para-hydroxylation sites is 2. The zero-order chi connectivity index (χ0) is 25.9. The molecule has 1 aromatic heterocycles. The molecule has 5 rings (SSSR count). The highest BCUT2D eigenvalue weighted by atomic mass is 16.5. The van der Waals surface area contributed by atoms with Crippen molar-refractivity contribution >= 4 is 28.4 Å². The summed E-state index contributed by atoms with van der Waals surface area (Å²) in [5.74, 6) is -1.69. The number of benzene rings is 2. The molecule has 2 heterocycles. The highest BCUT2D eigenvalue weighted by Gasteiger charge is 2.56. The maximum atomic E-state index is 13.8. The smallest absolute Gasteiger partial charge is 0.194 e. The number of allylic oxidation sites excluding steroid dienone is 4. The molecule has 0 spiro atoms. The van der Waals surface area contributed by atoms with Gasteiger partial charge in [-0.25, -0.2) is 4.98 Å². The van der Waals surface area contributed by atoms with E-state index < -0.39 is 28.5 Å². The van der Waals surface area contributed by atoms with Crippen molar-refractivity contribution in [3.05, 3.63) is 69.9 Å². The van der Waals surface area contributed by atoms with Gasteiger partial charge in [-0.2, -0.15) is 0 Å². The zero-order valence-electron chi connectivity index (χ0n) is 20.3. The van der Waals surface area contributed by atoms with E-state index in [0.29, 0.717) is 18.7 Å². The highest BCUT2D eigenvalue weighted by Crippen LogP contribution is 2.57. The molecule has 0 saturated heterocycles. The van der Waals surface area contributed by atoms with Gasteiger partial charge in [-0.3, -0.25) is 14.4 Å². The Morgan fingerprint density at radius 2 is 1.89 bits per heavy atom. The first-order valence-corrected chi connectivity index (χ1v) is 11.5. The number of aromatic nitrogens is 2. The number of aromatic amines is 1. The third-order valence-electron chi connectivity index (χ3n) is 6.95. The molecule has 0 amide bonds. The van der Waals surface area contributed by atoms with Crippen LogP contribution in [0, 0.1) is 6.92 Å². The van der Waals surface area contributed by atoms with Crippen LogP contribution >= 0.6 is 0 Å². The number of phenolic OH excluding ortho intramolecular Hbond substituents is 2. The monoisotopic (exact) mass is 487 g/mol. The molecule has 2 aliphatic rings. The summed E-state index contributed by atoms with van der Waals surface area (Å²) in [6, 6.07) is 7.68. The third-order valence-corrected chi connectivity index (χ3v) is 6.95. The number of rotatable bonds is 5. The fourth-order valence-electron chi connectivity index (χ4n) is 4.94. The number of carbonyl (C=O) groups is 3. The standard InChI is InChI=1S/C27H25N3O6/c1-12-23(33)21(14(3)31)25-22(24(12)34)27(4)18(36-25)11-17(32)20(26(27)35)13(2)28-10-9-19-29-15-7-5-6-8-16(15)30-19/h5-8,11,28,33-34H,9-10H2,1-4H3,(H,29,30)/b20-13+/t27-/m0/s1. The maximum Gasteiger partial charge on any atom is 0.194 e. The number of fused-ring (bicyclic) bond motifs is 4. The van der Waals surface area contributed by atoms with Gasteiger partial charge in [0.1, 0.15) is 39.8 Å². The van der Waals surface area contributed by atoms with Crippen LogP contribution in [0.4, 0.5) is 0 Å². The van der Waals surface area contributed by atoms with E-state index in [1.165, 1.54) is 19.9 Å². The first-order valence-electron chi connectivity index (χ1n) is 11.5. The van der Waals surface area contributed by atoms with Crippen molar-refractivity contribution in [2.75, 3.05) is 6.54 Å². The Hall–Kier alpha value is -4.40. The van der Waals surface area contributed by atoms with Crippen molar-refractivity contribution in [3.63, 3.8) is 0 Å². The number of imidazole rings is 1. The summed E-state index contributed by atoms with van der Waals surface area (Å²) in [6.07, 6.45) is 1.74. The lowest BCUT2D eigenvalue weighted by molar-refractivity contribution is -0.123. The molecular weight excluding hydrogens is 462 g/mol. The summed E-state index contributed by atoms with van der Waals surface area (Å²) in [7, 11) is 0. The molecule has 4 N–H and O–H groups in total. The maximum absolute atomic E-state index is 13.8. The van der Waals surface area contributed by atoms with E-state index >= 15 is 0 Å². The lowest BCUT2D eigenvalue weighted by Gasteiger charge is -2.29. The quantitative estimate of drug-likeness (QED) is 0.244. The summed E-state index contributed by atoms with van der Waals surface area (Å²) >= 11 is 0. The summed E-state index contributed by atoms with van der Waals surface area (Å²) < 4.78 is 5.78. The molecule has 1 aliphatic heterocycles. The Labute approximate surface area is 206 Å². The minimum Gasteiger partial charge on any atom is -0.507 e. The Bertz CT molecular complexity index is 1530. The first-order chi connectivity index (χ1) is 17.1. The Morgan fingerprint density at radius 1 is 1.17 bits per heavy atom. The van der Waals surface area contributed by atoms with Crippen molar-refractivity contribution < 1.29 is 29.3 Å². The lowest BCUT2D eigenvalue weighted by Crippen LogP contribution is -2.41. The number of hydrogen-bond acceptors (Lipinski definition) is 8. The van der Waals surface area contributed by atoms with E-state index in [0.717, 1.165) is 16.9 Å². The van der Waals surface area contributed by atoms with Gasteiger partial charge in [0.2, 0.25) is 0 Å². The Balaban J connectivity index is 1.49. The molecule has 2 aromatic carbocycles. The molecule has 0 unspecified atom stereocenters. The van der Waals surface area contributed by atoms with Crippen LogP contribution in [0.1, 0.15) is 48.1 Å². The normalized spacial score (nSPS) is 20.1. The molecule has 0 radical (unpaired) electrons. The number of hydrogen-bond donors (Lipinski definition) is 4. The fourth-order valence-corrected chi connectivity index (χ4v) is 4.94. The second kappa shape index (κ2) is 8.08. The van der Waals surface area contributed by atoms with Crippen molar-refractivity contribution in [2.24, 2.45) is 0 Å². The van der Waals surface area contributed by atoms with Crippen LogP contribution in [-0.2, 0) is 21.4 Å². The van der Waals surface area contributed by atoms with Crippen molar-refractivity contribution in [1.82, 2.24) is 15.3 Å². The molecular formula is C27H25N3O6. The van der Waals surface area contributed by atoms with Crippen LogP contribution in [0.15, 0.2) is 47.4 Å². The first kappa shape index (κ1) is 23.3. The summed E-state index contributed by atoms with van der Waals surface area (Å²) in [6.45, 7) is 6.31. The van der Waals surface area contributed by atoms with Gasteiger partial charge in [0.15, 0.2) is 17.3 Å². The molecule has 9 nitrogen and oxygen atoms in total. The molecule has 1 atom stereocenters. The molecule has 0 fully saturated rings. The topological polar surface area (TPSA) is 142 Å². The number of Topliss-reactive ketones (excluding diaryl/α,β-unsaturated/α-hetero) is 2. The SMILES string of the molecule is CC(=O)c1c(O)c(C)c(O)c2c1OC1=CC(=O)/C(=C(/C)NCCc3nc4ccccc4[nH]3)C(=O)[C@@]12C. The predicted octanol–water partition coefficient (Wildman–Crippen LogP) is 3.28. The molecule has 36 heavy (non-hydrogen) atoms. The summed E-state index contributed by atoms with van der Waals surface area (Å²) in [5.41, 5.74) is 0.564. The predicted molar refractivity (Wildman–Crippen MR) is 131 cm³/mol. The second-order valence-electron chi connectivity index (χ2n) is 9.26. The fraction of sp³-hybridized carbons (Fsp3) is 0.259. The Morgan fingerprint density at radius 3 is 2.58 bits per heavy atom. The van der Waals surface area contributed by atoms with Gasteiger partial charge < -0.3 is 25.3 Å². The molecule has 0 bridgehead atoms. The van der Waals surface area contributed by atoms with E-state index in [1.54, 1.807) is 13.8 Å². The number of H-pyrrole nitrogens is 1. The summed E-state index contributed by atoms with van der Waals surface area (Å²) in [5, 5.41) is 24.5. The van der Waals surface area contributed by atoms with Crippen LogP contribution in [0.5, 0.6) is 17.2 Å². The van der Waals surface area contributed by atoms with Crippen LogP contribution in [0.2, 0.25) is 0 Å². The van der Waals surface area contributed by atoms with Crippen molar-refractivity contribution in [3.8, 4) is 17.2 Å². The van der Waals surface area contributed by atoms with Crippen LogP contribution in [0.3, 0.4) is 0 Å². The summed E-state index contributed by atoms with van der Waals surface area (Å²) in [4.78, 5) is 46.9. The lowest BCUT2D eigenvalue weighted by atomic mass is 9.70. The third kappa shape index (κ3) is 3.23. The number of phenols is 2. The van der Waals surface area contributed by atoms with Gasteiger partial charge >= 0.3 is 0 Å². The number of carbonyl (C=O) groups excluding carboxylic acids is 3. The van der Waals surface area contributed by atoms with Crippen LogP contribution in [0.25, 0.3) is 11.0 Å². The van der Waals surface area contributed by atoms with Crippen molar-refractivity contribution in [1.29, 1.82) is 0 Å². The molecule has 1 aliphatic carbocycles. The minimum absolute atomic E-state index is 0.00845. The zero-order valence-corrected chi connectivity index (χ0v) is 20.3. The van der Waals surface area contributed by atoms with Crippen molar-refractivity contribution in [2.45, 2.75) is 39.5 Å². The molecule has 3 aromatic rings. The van der Waals surface area contributed by atoms with E-state index in [9.17, 15) is 24.6 Å². The number of ketones is 3. The van der Waals surface area contributed by atoms with Gasteiger partial charge in [0.05, 0.1) is 22.2 Å². The number of nitrogens with one attached hydrogen (secondary N) is 2. The largest absolute Gasteiger partial charge is 0.507 e. The van der Waals surface area contributed by atoms with E-state index in [2.05, 4.69) is 15.3 Å². The van der Waals surface area contributed by atoms with Gasteiger partial charge in [-0.05, 0) is 39.8 Å². The minimum atomic E-state index is -1.53. The molecule has 9 heteroatoms. The van der Waals surface area contributed by atoms with Gasteiger partial charge in [-0.1, -0.05) is 12.1 Å². The van der Waals surface area contributed by atoms with E-state index in [1.807, 2.05) is 24.3 Å². The van der Waals surface area contributed by atoms with Gasteiger partial charge in [-0.15, -0.1) is 0 Å². The second-order valence-corrected chi connectivity index (χ2v) is 9.26. The molecule has 0 saturated carbocycles.